The van der Waals surface area contributed by atoms with E-state index in [0.717, 1.165) is 18.5 Å². The van der Waals surface area contributed by atoms with E-state index in [4.69, 9.17) is 10.8 Å². The minimum Gasteiger partial charge on any atom is -0.431 e. The molecule has 2 aromatic heterocycles. The molecule has 30 heavy (non-hydrogen) atoms. The maximum absolute atomic E-state index is 13.3. The van der Waals surface area contributed by atoms with E-state index in [2.05, 4.69) is 35.4 Å². The molecule has 1 aliphatic carbocycles. The van der Waals surface area contributed by atoms with Crippen LogP contribution in [0.25, 0.3) is 11.3 Å². The summed E-state index contributed by atoms with van der Waals surface area (Å²) < 4.78 is 45.1. The number of pyridine rings is 1. The summed E-state index contributed by atoms with van der Waals surface area (Å²) in [6.07, 6.45) is 2.82. The van der Waals surface area contributed by atoms with E-state index < -0.39 is 12.8 Å². The van der Waals surface area contributed by atoms with Crippen LogP contribution in [-0.2, 0) is 0 Å². The molecule has 0 aromatic carbocycles. The van der Waals surface area contributed by atoms with Gasteiger partial charge in [-0.05, 0) is 44.7 Å². The van der Waals surface area contributed by atoms with Crippen molar-refractivity contribution in [1.82, 2.24) is 19.7 Å². The number of halogens is 3. The van der Waals surface area contributed by atoms with Crippen molar-refractivity contribution >= 4 is 5.82 Å². The number of likely N-dealkylation sites (tertiary alicyclic amines) is 1. The third kappa shape index (κ3) is 3.99. The number of alkyl halides is 3. The largest absolute Gasteiger partial charge is 0.431 e. The fourth-order valence-electron chi connectivity index (χ4n) is 4.71. The molecule has 0 radical (unpaired) electrons. The van der Waals surface area contributed by atoms with Crippen molar-refractivity contribution < 1.29 is 17.9 Å². The Balaban J connectivity index is 1.63. The average Bonchev–Trinajstić information content (AvgIpc) is 3.24. The lowest BCUT2D eigenvalue weighted by Crippen LogP contribution is -2.52. The normalized spacial score (nSPS) is 25.3. The number of anilines is 1. The quantitative estimate of drug-likeness (QED) is 0.753. The maximum Gasteiger partial charge on any atom is 0.387 e. The van der Waals surface area contributed by atoms with E-state index in [1.807, 2.05) is 10.7 Å². The molecule has 1 saturated carbocycles. The molecule has 1 unspecified atom stereocenters. The molecule has 3 atom stereocenters. The molecule has 2 fully saturated rings. The van der Waals surface area contributed by atoms with Crippen LogP contribution in [0.15, 0.2) is 18.3 Å². The minimum atomic E-state index is -2.98. The van der Waals surface area contributed by atoms with Crippen molar-refractivity contribution in [2.24, 2.45) is 5.92 Å². The van der Waals surface area contributed by atoms with Gasteiger partial charge in [-0.2, -0.15) is 13.9 Å². The molecule has 4 rings (SSSR count). The van der Waals surface area contributed by atoms with Crippen LogP contribution in [-0.4, -0.2) is 51.6 Å². The first-order valence-corrected chi connectivity index (χ1v) is 10.4. The number of ether oxygens (including phenoxy) is 1. The molecular formula is C21H28F3N5O. The van der Waals surface area contributed by atoms with Crippen molar-refractivity contribution in [3.63, 3.8) is 0 Å². The summed E-state index contributed by atoms with van der Waals surface area (Å²) in [4.78, 5) is 6.23. The first kappa shape index (κ1) is 21.0. The zero-order valence-electron chi connectivity index (χ0n) is 17.4. The lowest BCUT2D eigenvalue weighted by Gasteiger charge is -2.39. The van der Waals surface area contributed by atoms with Crippen LogP contribution in [0.5, 0.6) is 5.75 Å². The average molecular weight is 423 g/mol. The van der Waals surface area contributed by atoms with Crippen LogP contribution in [0.1, 0.15) is 51.3 Å². The molecule has 1 saturated heterocycles. The molecule has 3 heterocycles. The molecule has 1 aliphatic heterocycles. The molecule has 2 aliphatic rings. The first-order valence-electron chi connectivity index (χ1n) is 10.4. The van der Waals surface area contributed by atoms with Crippen molar-refractivity contribution in [1.29, 1.82) is 0 Å². The van der Waals surface area contributed by atoms with E-state index in [0.29, 0.717) is 42.2 Å². The maximum atomic E-state index is 13.3. The monoisotopic (exact) mass is 423 g/mol. The second-order valence-corrected chi connectivity index (χ2v) is 8.74. The van der Waals surface area contributed by atoms with Gasteiger partial charge in [0, 0.05) is 48.5 Å². The van der Waals surface area contributed by atoms with Gasteiger partial charge in [-0.1, -0.05) is 6.92 Å². The Kier molecular flexibility index (Phi) is 5.65. The SMILES string of the molecule is CC(C)n1nc(-c2cnc(N)c(OC(F)F)c2)cc1C1C[C@@H](N2CC(F)C2)C[C@@H]1C. The number of nitrogen functional groups attached to an aromatic ring is 1. The van der Waals surface area contributed by atoms with E-state index in [9.17, 15) is 13.2 Å². The zero-order chi connectivity index (χ0) is 21.6. The van der Waals surface area contributed by atoms with Gasteiger partial charge in [0.05, 0.1) is 5.69 Å². The van der Waals surface area contributed by atoms with Gasteiger partial charge in [-0.25, -0.2) is 9.37 Å². The van der Waals surface area contributed by atoms with E-state index in [-0.39, 0.29) is 17.6 Å². The minimum absolute atomic E-state index is 0.0875. The Morgan fingerprint density at radius 2 is 1.93 bits per heavy atom. The summed E-state index contributed by atoms with van der Waals surface area (Å²) in [5, 5.41) is 4.74. The Hall–Kier alpha value is -2.29. The summed E-state index contributed by atoms with van der Waals surface area (Å²) in [5.41, 5.74) is 8.00. The molecular weight excluding hydrogens is 395 g/mol. The van der Waals surface area contributed by atoms with Crippen molar-refractivity contribution in [2.45, 2.75) is 64.4 Å². The van der Waals surface area contributed by atoms with Crippen molar-refractivity contribution in [3.05, 3.63) is 24.0 Å². The second-order valence-electron chi connectivity index (χ2n) is 8.74. The van der Waals surface area contributed by atoms with Crippen LogP contribution in [0.4, 0.5) is 19.0 Å². The molecule has 0 amide bonds. The number of aromatic nitrogens is 3. The predicted octanol–water partition coefficient (Wildman–Crippen LogP) is 4.25. The van der Waals surface area contributed by atoms with Crippen LogP contribution in [0, 0.1) is 5.92 Å². The van der Waals surface area contributed by atoms with Gasteiger partial charge in [-0.3, -0.25) is 9.58 Å². The third-order valence-corrected chi connectivity index (χ3v) is 6.27. The molecule has 164 valence electrons. The number of hydrogen-bond donors (Lipinski definition) is 1. The van der Waals surface area contributed by atoms with Gasteiger partial charge < -0.3 is 10.5 Å². The van der Waals surface area contributed by atoms with Crippen molar-refractivity contribution in [2.75, 3.05) is 18.8 Å². The van der Waals surface area contributed by atoms with Gasteiger partial charge in [0.1, 0.15) is 6.17 Å². The summed E-state index contributed by atoms with van der Waals surface area (Å²) in [6, 6.07) is 3.99. The van der Waals surface area contributed by atoms with Crippen molar-refractivity contribution in [3.8, 4) is 17.0 Å². The summed E-state index contributed by atoms with van der Waals surface area (Å²) in [5.74, 6) is 0.500. The lowest BCUT2D eigenvalue weighted by molar-refractivity contribution is -0.0494. The first-order chi connectivity index (χ1) is 14.2. The number of nitrogens with two attached hydrogens (primary N) is 1. The highest BCUT2D eigenvalue weighted by atomic mass is 19.3. The predicted molar refractivity (Wildman–Crippen MR) is 108 cm³/mol. The Bertz CT molecular complexity index is 897. The molecule has 0 bridgehead atoms. The number of hydrogen-bond acceptors (Lipinski definition) is 5. The topological polar surface area (TPSA) is 69.2 Å². The Labute approximate surface area is 174 Å². The van der Waals surface area contributed by atoms with Crippen LogP contribution < -0.4 is 10.5 Å². The fourth-order valence-corrected chi connectivity index (χ4v) is 4.71. The van der Waals surface area contributed by atoms with Crippen LogP contribution in [0.2, 0.25) is 0 Å². The molecule has 0 spiro atoms. The molecule has 2 N–H and O–H groups in total. The molecule has 2 aromatic rings. The second kappa shape index (κ2) is 8.09. The third-order valence-electron chi connectivity index (χ3n) is 6.27. The Morgan fingerprint density at radius 3 is 2.57 bits per heavy atom. The molecule has 6 nitrogen and oxygen atoms in total. The molecule has 9 heteroatoms. The summed E-state index contributed by atoms with van der Waals surface area (Å²) in [6.45, 7) is 4.44. The van der Waals surface area contributed by atoms with Gasteiger partial charge in [0.25, 0.3) is 0 Å². The highest BCUT2D eigenvalue weighted by Crippen LogP contribution is 2.44. The summed E-state index contributed by atoms with van der Waals surface area (Å²) >= 11 is 0. The number of rotatable bonds is 6. The van der Waals surface area contributed by atoms with E-state index in [1.54, 1.807) is 0 Å². The smallest absolute Gasteiger partial charge is 0.387 e. The van der Waals surface area contributed by atoms with E-state index >= 15 is 0 Å². The van der Waals surface area contributed by atoms with Gasteiger partial charge in [0.2, 0.25) is 0 Å². The van der Waals surface area contributed by atoms with E-state index in [1.165, 1.54) is 12.3 Å². The summed E-state index contributed by atoms with van der Waals surface area (Å²) in [7, 11) is 0. The Morgan fingerprint density at radius 1 is 1.20 bits per heavy atom. The lowest BCUT2D eigenvalue weighted by atomic mass is 9.93. The highest BCUT2D eigenvalue weighted by Gasteiger charge is 2.41. The number of nitrogens with zero attached hydrogens (tertiary/aromatic N) is 4. The fraction of sp³-hybridized carbons (Fsp3) is 0.619. The van der Waals surface area contributed by atoms with Crippen LogP contribution >= 0.6 is 0 Å². The standard InChI is InChI=1S/C21H28F3N5O/c1-11(2)29-18(16-6-15(4-12(16)3)28-9-14(22)10-28)7-17(27-29)13-5-19(30-21(23)24)20(25)26-8-13/h5,7-8,11-12,14-16,21H,4,6,9-10H2,1-3H3,(H2,25,26)/t12-,15-,16?/m0/s1. The van der Waals surface area contributed by atoms with Gasteiger partial charge in [0.15, 0.2) is 11.6 Å². The van der Waals surface area contributed by atoms with Crippen LogP contribution in [0.3, 0.4) is 0 Å². The zero-order valence-corrected chi connectivity index (χ0v) is 17.4. The van der Waals surface area contributed by atoms with Gasteiger partial charge in [-0.15, -0.1) is 0 Å². The van der Waals surface area contributed by atoms with Gasteiger partial charge >= 0.3 is 6.61 Å². The highest BCUT2D eigenvalue weighted by molar-refractivity contribution is 5.64.